The second kappa shape index (κ2) is 12.5. The van der Waals surface area contributed by atoms with Crippen LogP contribution in [0.3, 0.4) is 0 Å². The minimum atomic E-state index is 0. The molecule has 0 saturated heterocycles. The Labute approximate surface area is 207 Å². The molecule has 0 radical (unpaired) electrons. The van der Waals surface area contributed by atoms with Crippen LogP contribution in [0.5, 0.6) is 0 Å². The molecule has 0 nitrogen and oxygen atoms in total. The van der Waals surface area contributed by atoms with E-state index in [4.69, 9.17) is 0 Å². The van der Waals surface area contributed by atoms with Crippen molar-refractivity contribution in [2.24, 2.45) is 0 Å². The molecule has 0 aromatic heterocycles. The summed E-state index contributed by atoms with van der Waals surface area (Å²) in [7, 11) is 0. The van der Waals surface area contributed by atoms with Crippen LogP contribution in [0.15, 0.2) is 66.7 Å². The summed E-state index contributed by atoms with van der Waals surface area (Å²) in [5.41, 5.74) is 10.1. The summed E-state index contributed by atoms with van der Waals surface area (Å²) in [6, 6.07) is 23.4. The zero-order chi connectivity index (χ0) is 18.7. The Morgan fingerprint density at radius 1 is 0.759 bits per heavy atom. The van der Waals surface area contributed by atoms with Gasteiger partial charge >= 0.3 is 26.2 Å². The largest absolute Gasteiger partial charge is 4.00 e. The fourth-order valence-electron chi connectivity index (χ4n) is 3.77. The average molecular weight is 503 g/mol. The van der Waals surface area contributed by atoms with Gasteiger partial charge in [0.1, 0.15) is 0 Å². The zero-order valence-electron chi connectivity index (χ0n) is 17.8. The summed E-state index contributed by atoms with van der Waals surface area (Å²) in [6.07, 6.45) is 1.17. The van der Waals surface area contributed by atoms with Gasteiger partial charge < -0.3 is 24.8 Å². The van der Waals surface area contributed by atoms with Crippen molar-refractivity contribution >= 4 is 10.8 Å². The Morgan fingerprint density at radius 2 is 1.28 bits per heavy atom. The maximum absolute atomic E-state index is 2.24. The van der Waals surface area contributed by atoms with E-state index in [0.29, 0.717) is 0 Å². The minimum Gasteiger partial charge on any atom is -1.00 e. The standard InChI is InChI=1S/C15H11.C11H17.2ClH.Zr/c1-2-6-12(7-3-1)15-10-13-8-4-5-9-14(13)11-15;1-6-11-9(4)7(2)8(3)10(11)5;;;/h1-11H;6H2,1-5H3;2*1H;/q2*-1;;;+4/p-2. The van der Waals surface area contributed by atoms with Gasteiger partial charge in [-0.3, -0.25) is 0 Å². The second-order valence-electron chi connectivity index (χ2n) is 7.07. The summed E-state index contributed by atoms with van der Waals surface area (Å²) < 4.78 is 0. The van der Waals surface area contributed by atoms with Crippen molar-refractivity contribution in [1.29, 1.82) is 0 Å². The normalized spacial score (nSPS) is 9.55. The Kier molecular flexibility index (Phi) is 12.0. The van der Waals surface area contributed by atoms with E-state index in [1.54, 1.807) is 5.56 Å². The summed E-state index contributed by atoms with van der Waals surface area (Å²) in [4.78, 5) is 0. The minimum absolute atomic E-state index is 0. The molecule has 0 heterocycles. The number of halogens is 2. The van der Waals surface area contributed by atoms with Gasteiger partial charge in [0.15, 0.2) is 0 Å². The first kappa shape index (κ1) is 27.9. The first-order valence-electron chi connectivity index (χ1n) is 9.45. The van der Waals surface area contributed by atoms with Gasteiger partial charge in [-0.05, 0) is 0 Å². The van der Waals surface area contributed by atoms with Crippen LogP contribution in [0, 0.1) is 27.7 Å². The van der Waals surface area contributed by atoms with E-state index in [0.717, 1.165) is 0 Å². The van der Waals surface area contributed by atoms with Gasteiger partial charge in [-0.1, -0.05) is 95.1 Å². The van der Waals surface area contributed by atoms with Crippen molar-refractivity contribution in [3.8, 4) is 11.1 Å². The maximum atomic E-state index is 2.24. The van der Waals surface area contributed by atoms with E-state index in [1.807, 2.05) is 6.07 Å². The van der Waals surface area contributed by atoms with Crippen LogP contribution in [0.2, 0.25) is 0 Å². The smallest absolute Gasteiger partial charge is 1.00 e. The van der Waals surface area contributed by atoms with Crippen molar-refractivity contribution in [2.75, 3.05) is 0 Å². The van der Waals surface area contributed by atoms with E-state index >= 15 is 0 Å². The van der Waals surface area contributed by atoms with Gasteiger partial charge in [0.2, 0.25) is 0 Å². The molecule has 0 fully saturated rings. The van der Waals surface area contributed by atoms with E-state index < -0.39 is 0 Å². The molecule has 0 saturated carbocycles. The fourth-order valence-corrected chi connectivity index (χ4v) is 3.77. The van der Waals surface area contributed by atoms with Crippen LogP contribution in [0.1, 0.15) is 34.7 Å². The van der Waals surface area contributed by atoms with Gasteiger partial charge in [-0.15, -0.1) is 34.5 Å². The Bertz CT molecular complexity index is 952. The fraction of sp³-hybridized carbons (Fsp3) is 0.231. The van der Waals surface area contributed by atoms with Crippen molar-refractivity contribution < 1.29 is 51.0 Å². The maximum Gasteiger partial charge on any atom is 4.00 e. The molecule has 0 amide bonds. The zero-order valence-corrected chi connectivity index (χ0v) is 21.8. The summed E-state index contributed by atoms with van der Waals surface area (Å²) in [6.45, 7) is 11.1. The van der Waals surface area contributed by atoms with Crippen LogP contribution < -0.4 is 24.8 Å². The number of benzene rings is 2. The number of rotatable bonds is 2. The molecular formula is C26H28Cl2Zr. The van der Waals surface area contributed by atoms with E-state index in [9.17, 15) is 0 Å². The van der Waals surface area contributed by atoms with Crippen molar-refractivity contribution in [3.05, 3.63) is 94.5 Å². The van der Waals surface area contributed by atoms with Gasteiger partial charge in [-0.25, -0.2) is 0 Å². The van der Waals surface area contributed by atoms with Crippen LogP contribution in [-0.2, 0) is 32.6 Å². The van der Waals surface area contributed by atoms with Crippen LogP contribution in [0.4, 0.5) is 0 Å². The van der Waals surface area contributed by atoms with Crippen LogP contribution in [-0.4, -0.2) is 0 Å². The third kappa shape index (κ3) is 6.17. The Hall–Kier alpha value is -1.14. The van der Waals surface area contributed by atoms with E-state index in [2.05, 4.69) is 95.3 Å². The topological polar surface area (TPSA) is 0 Å². The third-order valence-corrected chi connectivity index (χ3v) is 5.67. The molecule has 0 unspecified atom stereocenters. The molecule has 0 N–H and O–H groups in total. The Balaban J connectivity index is 0.000000511. The first-order valence-corrected chi connectivity index (χ1v) is 9.45. The van der Waals surface area contributed by atoms with Crippen molar-refractivity contribution in [2.45, 2.75) is 41.0 Å². The predicted molar refractivity (Wildman–Crippen MR) is 115 cm³/mol. The molecule has 0 aliphatic heterocycles. The van der Waals surface area contributed by atoms with Gasteiger partial charge in [0, 0.05) is 0 Å². The molecule has 4 aromatic carbocycles. The molecule has 150 valence electrons. The van der Waals surface area contributed by atoms with Gasteiger partial charge in [0.25, 0.3) is 0 Å². The van der Waals surface area contributed by atoms with Crippen molar-refractivity contribution in [3.63, 3.8) is 0 Å². The van der Waals surface area contributed by atoms with Gasteiger partial charge in [0.05, 0.1) is 0 Å². The number of fused-ring (bicyclic) bond motifs is 1. The monoisotopic (exact) mass is 500 g/mol. The Morgan fingerprint density at radius 3 is 1.76 bits per heavy atom. The van der Waals surface area contributed by atoms with Crippen LogP contribution >= 0.6 is 0 Å². The molecule has 4 rings (SSSR count). The number of hydrogen-bond acceptors (Lipinski definition) is 0. The SMILES string of the molecule is CC[c-]1c(C)c(C)c(C)c1C.[Cl-].[Cl-].[Zr+4].c1ccc(-c2cc3ccccc3[cH-]2)cc1. The molecule has 29 heavy (non-hydrogen) atoms. The third-order valence-electron chi connectivity index (χ3n) is 5.67. The average Bonchev–Trinajstić information content (AvgIpc) is 3.19. The molecule has 0 aliphatic rings. The molecule has 0 aliphatic carbocycles. The molecular weight excluding hydrogens is 474 g/mol. The molecule has 0 atom stereocenters. The predicted octanol–water partition coefficient (Wildman–Crippen LogP) is 1.43. The van der Waals surface area contributed by atoms with Crippen LogP contribution in [0.25, 0.3) is 21.9 Å². The second-order valence-corrected chi connectivity index (χ2v) is 7.07. The summed E-state index contributed by atoms with van der Waals surface area (Å²) in [5, 5.41) is 2.63. The molecule has 3 heteroatoms. The summed E-state index contributed by atoms with van der Waals surface area (Å²) in [5.74, 6) is 0. The molecule has 0 spiro atoms. The van der Waals surface area contributed by atoms with E-state index in [1.165, 1.54) is 50.6 Å². The van der Waals surface area contributed by atoms with Gasteiger partial charge in [-0.2, -0.15) is 27.8 Å². The molecule has 4 aromatic rings. The van der Waals surface area contributed by atoms with E-state index in [-0.39, 0.29) is 51.0 Å². The molecule has 0 bridgehead atoms. The quantitative estimate of drug-likeness (QED) is 0.364. The summed E-state index contributed by atoms with van der Waals surface area (Å²) >= 11 is 0. The number of hydrogen-bond donors (Lipinski definition) is 0. The first-order chi connectivity index (χ1) is 12.5. The van der Waals surface area contributed by atoms with Crippen molar-refractivity contribution in [1.82, 2.24) is 0 Å².